The number of alkyl halides is 2. The van der Waals surface area contributed by atoms with Crippen molar-refractivity contribution in [2.45, 2.75) is 44.9 Å². The van der Waals surface area contributed by atoms with E-state index in [2.05, 4.69) is 15.4 Å². The van der Waals surface area contributed by atoms with E-state index in [-0.39, 0.29) is 24.3 Å². The van der Waals surface area contributed by atoms with E-state index in [0.717, 1.165) is 0 Å². The maximum atomic E-state index is 12.3. The highest BCUT2D eigenvalue weighted by Gasteiger charge is 2.26. The minimum absolute atomic E-state index is 0.0229. The number of amides is 2. The molecule has 1 aliphatic carbocycles. The summed E-state index contributed by atoms with van der Waals surface area (Å²) in [5.74, 6) is -1.12. The number of urea groups is 1. The fourth-order valence-corrected chi connectivity index (χ4v) is 2.76. The lowest BCUT2D eigenvalue weighted by atomic mass is 9.86. The highest BCUT2D eigenvalue weighted by Crippen LogP contribution is 2.24. The zero-order valence-corrected chi connectivity index (χ0v) is 13.0. The molecule has 2 rings (SSSR count). The Kier molecular flexibility index (Phi) is 6.34. The molecular formula is C16H20F2N2O4. The van der Waals surface area contributed by atoms with Crippen LogP contribution in [0.2, 0.25) is 0 Å². The van der Waals surface area contributed by atoms with Crippen LogP contribution in [0.25, 0.3) is 0 Å². The molecule has 0 aliphatic heterocycles. The molecular weight excluding hydrogens is 322 g/mol. The van der Waals surface area contributed by atoms with Crippen LogP contribution in [0.1, 0.15) is 31.2 Å². The van der Waals surface area contributed by atoms with Crippen molar-refractivity contribution >= 4 is 12.0 Å². The van der Waals surface area contributed by atoms with Crippen LogP contribution in [0.5, 0.6) is 5.75 Å². The van der Waals surface area contributed by atoms with Gasteiger partial charge in [0.05, 0.1) is 5.92 Å². The molecule has 6 nitrogen and oxygen atoms in total. The van der Waals surface area contributed by atoms with Gasteiger partial charge in [0.25, 0.3) is 0 Å². The number of carbonyl (C=O) groups excluding carboxylic acids is 1. The predicted molar refractivity (Wildman–Crippen MR) is 81.8 cm³/mol. The lowest BCUT2D eigenvalue weighted by Crippen LogP contribution is -2.43. The molecule has 0 saturated heterocycles. The molecule has 1 fully saturated rings. The third kappa shape index (κ3) is 5.36. The standard InChI is InChI=1S/C16H20F2N2O4/c17-15(18)24-13-4-2-1-3-11(13)9-19-16(23)20-12-7-5-10(6-8-12)14(21)22/h1-4,10,12,15H,5-9H2,(H,21,22)(H2,19,20,23). The number of halogens is 2. The molecule has 132 valence electrons. The number of carboxylic acids is 1. The third-order valence-electron chi connectivity index (χ3n) is 4.04. The molecule has 0 spiro atoms. The van der Waals surface area contributed by atoms with Crippen molar-refractivity contribution in [1.29, 1.82) is 0 Å². The Morgan fingerprint density at radius 1 is 1.21 bits per heavy atom. The number of rotatable bonds is 6. The van der Waals surface area contributed by atoms with Gasteiger partial charge < -0.3 is 20.5 Å². The van der Waals surface area contributed by atoms with Gasteiger partial charge in [-0.2, -0.15) is 8.78 Å². The van der Waals surface area contributed by atoms with E-state index in [9.17, 15) is 18.4 Å². The van der Waals surface area contributed by atoms with Crippen LogP contribution in [0.3, 0.4) is 0 Å². The summed E-state index contributed by atoms with van der Waals surface area (Å²) in [6.45, 7) is -2.87. The largest absolute Gasteiger partial charge is 0.481 e. The number of carbonyl (C=O) groups is 2. The number of hydrogen-bond donors (Lipinski definition) is 3. The number of ether oxygens (including phenoxy) is 1. The minimum Gasteiger partial charge on any atom is -0.481 e. The second kappa shape index (κ2) is 8.47. The summed E-state index contributed by atoms with van der Waals surface area (Å²) in [7, 11) is 0. The molecule has 3 N–H and O–H groups in total. The van der Waals surface area contributed by atoms with E-state index in [1.165, 1.54) is 6.07 Å². The summed E-state index contributed by atoms with van der Waals surface area (Å²) in [4.78, 5) is 22.8. The van der Waals surface area contributed by atoms with Gasteiger partial charge in [0.1, 0.15) is 5.75 Å². The second-order valence-corrected chi connectivity index (χ2v) is 5.70. The zero-order chi connectivity index (χ0) is 17.5. The number of aliphatic carboxylic acids is 1. The summed E-state index contributed by atoms with van der Waals surface area (Å²) in [6, 6.07) is 5.75. The van der Waals surface area contributed by atoms with E-state index >= 15 is 0 Å². The van der Waals surface area contributed by atoms with Crippen LogP contribution in [0, 0.1) is 5.92 Å². The van der Waals surface area contributed by atoms with Crippen molar-refractivity contribution in [3.8, 4) is 5.75 Å². The van der Waals surface area contributed by atoms with Gasteiger partial charge in [-0.05, 0) is 31.7 Å². The number of para-hydroxylation sites is 1. The molecule has 0 radical (unpaired) electrons. The molecule has 0 aromatic heterocycles. The van der Waals surface area contributed by atoms with Crippen LogP contribution in [-0.4, -0.2) is 29.8 Å². The van der Waals surface area contributed by atoms with Gasteiger partial charge >= 0.3 is 18.6 Å². The van der Waals surface area contributed by atoms with E-state index in [1.54, 1.807) is 18.2 Å². The fourth-order valence-electron chi connectivity index (χ4n) is 2.76. The van der Waals surface area contributed by atoms with Gasteiger partial charge in [-0.25, -0.2) is 4.79 Å². The molecule has 0 atom stereocenters. The Hall–Kier alpha value is -2.38. The Labute approximate surface area is 138 Å². The molecule has 24 heavy (non-hydrogen) atoms. The van der Waals surface area contributed by atoms with E-state index in [4.69, 9.17) is 5.11 Å². The van der Waals surface area contributed by atoms with Gasteiger partial charge in [0, 0.05) is 18.2 Å². The summed E-state index contributed by atoms with van der Waals surface area (Å²) < 4.78 is 29.1. The monoisotopic (exact) mass is 342 g/mol. The highest BCUT2D eigenvalue weighted by molar-refractivity contribution is 5.74. The van der Waals surface area contributed by atoms with Gasteiger partial charge in [-0.3, -0.25) is 4.79 Å². The van der Waals surface area contributed by atoms with E-state index in [1.807, 2.05) is 0 Å². The summed E-state index contributed by atoms with van der Waals surface area (Å²) >= 11 is 0. The van der Waals surface area contributed by atoms with Crippen molar-refractivity contribution in [3.05, 3.63) is 29.8 Å². The van der Waals surface area contributed by atoms with Gasteiger partial charge in [0.2, 0.25) is 0 Å². The van der Waals surface area contributed by atoms with Gasteiger partial charge in [0.15, 0.2) is 0 Å². The number of nitrogens with one attached hydrogen (secondary N) is 2. The normalized spacial score (nSPS) is 20.5. The van der Waals surface area contributed by atoms with Crippen molar-refractivity contribution in [2.75, 3.05) is 0 Å². The minimum atomic E-state index is -2.93. The van der Waals surface area contributed by atoms with E-state index < -0.39 is 18.6 Å². The van der Waals surface area contributed by atoms with Crippen LogP contribution < -0.4 is 15.4 Å². The average molecular weight is 342 g/mol. The van der Waals surface area contributed by atoms with Crippen LogP contribution in [0.4, 0.5) is 13.6 Å². The van der Waals surface area contributed by atoms with E-state index in [0.29, 0.717) is 31.2 Å². The maximum absolute atomic E-state index is 12.3. The predicted octanol–water partition coefficient (Wildman–Crippen LogP) is 2.73. The van der Waals surface area contributed by atoms with Crippen LogP contribution in [0.15, 0.2) is 24.3 Å². The average Bonchev–Trinajstić information content (AvgIpc) is 2.54. The molecule has 1 aliphatic rings. The summed E-state index contributed by atoms with van der Waals surface area (Å²) in [5.41, 5.74) is 0.447. The molecule has 1 aromatic carbocycles. The summed E-state index contributed by atoms with van der Waals surface area (Å²) in [5, 5.41) is 14.3. The zero-order valence-electron chi connectivity index (χ0n) is 13.0. The van der Waals surface area contributed by atoms with Crippen LogP contribution >= 0.6 is 0 Å². The molecule has 8 heteroatoms. The molecule has 2 amide bonds. The smallest absolute Gasteiger partial charge is 0.387 e. The lowest BCUT2D eigenvalue weighted by Gasteiger charge is -2.26. The second-order valence-electron chi connectivity index (χ2n) is 5.70. The first-order valence-electron chi connectivity index (χ1n) is 7.75. The van der Waals surface area contributed by atoms with Crippen molar-refractivity contribution < 1.29 is 28.2 Å². The van der Waals surface area contributed by atoms with Gasteiger partial charge in [-0.1, -0.05) is 18.2 Å². The highest BCUT2D eigenvalue weighted by atomic mass is 19.3. The fraction of sp³-hybridized carbons (Fsp3) is 0.500. The van der Waals surface area contributed by atoms with Gasteiger partial charge in [-0.15, -0.1) is 0 Å². The quantitative estimate of drug-likeness (QED) is 0.742. The molecule has 0 bridgehead atoms. The molecule has 0 heterocycles. The number of benzene rings is 1. The Balaban J connectivity index is 1.79. The van der Waals surface area contributed by atoms with Crippen molar-refractivity contribution in [1.82, 2.24) is 10.6 Å². The van der Waals surface area contributed by atoms with Crippen LogP contribution in [-0.2, 0) is 11.3 Å². The first-order chi connectivity index (χ1) is 11.5. The Morgan fingerprint density at radius 3 is 2.50 bits per heavy atom. The lowest BCUT2D eigenvalue weighted by molar-refractivity contribution is -0.142. The maximum Gasteiger partial charge on any atom is 0.387 e. The molecule has 0 unspecified atom stereocenters. The number of carboxylic acid groups (broad SMARTS) is 1. The Morgan fingerprint density at radius 2 is 1.88 bits per heavy atom. The molecule has 1 aromatic rings. The number of hydrogen-bond acceptors (Lipinski definition) is 3. The first kappa shape index (κ1) is 18.0. The molecule has 1 saturated carbocycles. The summed E-state index contributed by atoms with van der Waals surface area (Å²) in [6.07, 6.45) is 2.28. The topological polar surface area (TPSA) is 87.7 Å². The third-order valence-corrected chi connectivity index (χ3v) is 4.04. The first-order valence-corrected chi connectivity index (χ1v) is 7.75. The Bertz CT molecular complexity index is 575. The van der Waals surface area contributed by atoms with Crippen molar-refractivity contribution in [2.24, 2.45) is 5.92 Å². The SMILES string of the molecule is O=C(NCc1ccccc1OC(F)F)NC1CCC(C(=O)O)CC1. The van der Waals surface area contributed by atoms with Crippen molar-refractivity contribution in [3.63, 3.8) is 0 Å².